The molecule has 1 saturated heterocycles. The highest BCUT2D eigenvalue weighted by molar-refractivity contribution is 6.30. The molecule has 1 saturated carbocycles. The molecule has 2 aromatic carbocycles. The average molecular weight is 518 g/mol. The van der Waals surface area contributed by atoms with Crippen LogP contribution in [-0.4, -0.2) is 41.1 Å². The van der Waals surface area contributed by atoms with Gasteiger partial charge in [0.15, 0.2) is 0 Å². The van der Waals surface area contributed by atoms with Gasteiger partial charge in [-0.25, -0.2) is 0 Å². The van der Waals surface area contributed by atoms with E-state index in [1.165, 1.54) is 12.8 Å². The number of carbonyl (C=O) groups excluding carboxylic acids is 1. The number of aliphatic carboxylic acids is 1. The lowest BCUT2D eigenvalue weighted by Crippen LogP contribution is -2.55. The van der Waals surface area contributed by atoms with Gasteiger partial charge < -0.3 is 14.7 Å². The minimum Gasteiger partial charge on any atom is -0.481 e. The molecule has 2 fully saturated rings. The molecule has 2 aromatic rings. The molecule has 7 heteroatoms. The van der Waals surface area contributed by atoms with E-state index >= 15 is 0 Å². The standard InChI is InChI=1S/C28H33Cl2NO4/c1-18(12-13-35-17-19-6-7-19)31-26(20-8-10-22(29)11-9-20)24(21-4-3-5-23(30)14-21)15-28(2,27(31)34)16-25(32)33/h3-5,8-11,14,18-19,24,26H,6-7,12-13,15-17H2,1-2H3,(H,32,33)/t18-,24+,26+,28+/m0/s1. The van der Waals surface area contributed by atoms with Gasteiger partial charge in [-0.1, -0.05) is 54.4 Å². The molecule has 1 aliphatic carbocycles. The summed E-state index contributed by atoms with van der Waals surface area (Å²) in [5.74, 6) is -0.564. The van der Waals surface area contributed by atoms with Gasteiger partial charge in [-0.15, -0.1) is 0 Å². The normalized spacial score (nSPS) is 25.5. The number of amides is 1. The Bertz CT molecular complexity index is 1060. The molecule has 4 rings (SSSR count). The van der Waals surface area contributed by atoms with Crippen molar-refractivity contribution in [1.82, 2.24) is 4.90 Å². The van der Waals surface area contributed by atoms with Gasteiger partial charge in [0.1, 0.15) is 0 Å². The number of carbonyl (C=O) groups is 2. The first-order valence-electron chi connectivity index (χ1n) is 12.3. The monoisotopic (exact) mass is 517 g/mol. The predicted molar refractivity (Wildman–Crippen MR) is 138 cm³/mol. The van der Waals surface area contributed by atoms with Gasteiger partial charge in [0.05, 0.1) is 17.9 Å². The fraction of sp³-hybridized carbons (Fsp3) is 0.500. The fourth-order valence-electron chi connectivity index (χ4n) is 5.29. The predicted octanol–water partition coefficient (Wildman–Crippen LogP) is 6.74. The lowest BCUT2D eigenvalue weighted by Gasteiger charge is -2.51. The first-order chi connectivity index (χ1) is 16.7. The molecule has 1 N–H and O–H groups in total. The highest BCUT2D eigenvalue weighted by Gasteiger charge is 2.51. The number of hydrogen-bond donors (Lipinski definition) is 1. The summed E-state index contributed by atoms with van der Waals surface area (Å²) in [4.78, 5) is 27.8. The molecule has 0 spiro atoms. The molecule has 35 heavy (non-hydrogen) atoms. The van der Waals surface area contributed by atoms with Crippen molar-refractivity contribution in [2.45, 2.75) is 64.0 Å². The molecule has 1 amide bonds. The van der Waals surface area contributed by atoms with Crippen LogP contribution in [0.1, 0.15) is 69.0 Å². The summed E-state index contributed by atoms with van der Waals surface area (Å²) in [5, 5.41) is 10.9. The molecule has 0 radical (unpaired) electrons. The molecule has 0 bridgehead atoms. The number of ether oxygens (including phenoxy) is 1. The minimum absolute atomic E-state index is 0.132. The summed E-state index contributed by atoms with van der Waals surface area (Å²) < 4.78 is 5.89. The van der Waals surface area contributed by atoms with Crippen LogP contribution in [0.2, 0.25) is 10.0 Å². The van der Waals surface area contributed by atoms with Crippen LogP contribution in [0, 0.1) is 11.3 Å². The van der Waals surface area contributed by atoms with Crippen LogP contribution in [0.5, 0.6) is 0 Å². The molecule has 2 aliphatic rings. The molecule has 1 aliphatic heterocycles. The Labute approximate surface area is 217 Å². The molecule has 1 heterocycles. The Morgan fingerprint density at radius 2 is 1.86 bits per heavy atom. The number of likely N-dealkylation sites (tertiary alicyclic amines) is 1. The third-order valence-electron chi connectivity index (χ3n) is 7.34. The first-order valence-corrected chi connectivity index (χ1v) is 13.1. The molecule has 0 unspecified atom stereocenters. The third-order valence-corrected chi connectivity index (χ3v) is 7.82. The highest BCUT2D eigenvalue weighted by Crippen LogP contribution is 2.52. The zero-order chi connectivity index (χ0) is 25.2. The van der Waals surface area contributed by atoms with Crippen molar-refractivity contribution < 1.29 is 19.4 Å². The van der Waals surface area contributed by atoms with Crippen molar-refractivity contribution >= 4 is 35.1 Å². The third kappa shape index (κ3) is 6.19. The van der Waals surface area contributed by atoms with E-state index < -0.39 is 11.4 Å². The van der Waals surface area contributed by atoms with E-state index in [0.29, 0.717) is 35.4 Å². The van der Waals surface area contributed by atoms with E-state index in [4.69, 9.17) is 27.9 Å². The number of carboxylic acid groups (broad SMARTS) is 1. The number of rotatable bonds is 10. The Balaban J connectivity index is 1.73. The zero-order valence-electron chi connectivity index (χ0n) is 20.3. The molecule has 4 atom stereocenters. The Kier molecular flexibility index (Phi) is 8.09. The molecule has 0 aromatic heterocycles. The molecule has 5 nitrogen and oxygen atoms in total. The lowest BCUT2D eigenvalue weighted by molar-refractivity contribution is -0.160. The minimum atomic E-state index is -1.04. The molecular weight excluding hydrogens is 485 g/mol. The van der Waals surface area contributed by atoms with Gasteiger partial charge in [-0.3, -0.25) is 9.59 Å². The van der Waals surface area contributed by atoms with Crippen molar-refractivity contribution in [2.24, 2.45) is 11.3 Å². The van der Waals surface area contributed by atoms with Gasteiger partial charge in [-0.2, -0.15) is 0 Å². The maximum absolute atomic E-state index is 14.0. The van der Waals surface area contributed by atoms with Crippen LogP contribution < -0.4 is 0 Å². The second-order valence-electron chi connectivity index (χ2n) is 10.4. The maximum atomic E-state index is 14.0. The fourth-order valence-corrected chi connectivity index (χ4v) is 5.61. The van der Waals surface area contributed by atoms with Crippen LogP contribution in [0.3, 0.4) is 0 Å². The highest BCUT2D eigenvalue weighted by atomic mass is 35.5. The first kappa shape index (κ1) is 26.0. The summed E-state index contributed by atoms with van der Waals surface area (Å²) in [6.45, 7) is 5.14. The smallest absolute Gasteiger partial charge is 0.304 e. The second-order valence-corrected chi connectivity index (χ2v) is 11.2. The van der Waals surface area contributed by atoms with Gasteiger partial charge in [0, 0.05) is 35.2 Å². The summed E-state index contributed by atoms with van der Waals surface area (Å²) in [7, 11) is 0. The van der Waals surface area contributed by atoms with Crippen LogP contribution in [0.4, 0.5) is 0 Å². The zero-order valence-corrected chi connectivity index (χ0v) is 21.8. The van der Waals surface area contributed by atoms with Gasteiger partial charge in [0.2, 0.25) is 5.91 Å². The number of piperidine rings is 1. The van der Waals surface area contributed by atoms with Crippen LogP contribution in [0.25, 0.3) is 0 Å². The summed E-state index contributed by atoms with van der Waals surface area (Å²) in [5.41, 5.74) is 0.921. The van der Waals surface area contributed by atoms with Crippen molar-refractivity contribution in [3.05, 3.63) is 69.7 Å². The lowest BCUT2D eigenvalue weighted by atomic mass is 9.67. The van der Waals surface area contributed by atoms with E-state index in [0.717, 1.165) is 17.7 Å². The van der Waals surface area contributed by atoms with Crippen molar-refractivity contribution in [3.63, 3.8) is 0 Å². The van der Waals surface area contributed by atoms with Crippen LogP contribution in [-0.2, 0) is 14.3 Å². The van der Waals surface area contributed by atoms with Crippen molar-refractivity contribution in [1.29, 1.82) is 0 Å². The summed E-state index contributed by atoms with van der Waals surface area (Å²) in [6, 6.07) is 14.8. The van der Waals surface area contributed by atoms with E-state index in [2.05, 4.69) is 0 Å². The maximum Gasteiger partial charge on any atom is 0.304 e. The van der Waals surface area contributed by atoms with Crippen LogP contribution >= 0.6 is 23.2 Å². The SMILES string of the molecule is C[C@@H](CCOCC1CC1)N1C(=O)[C@@](C)(CC(=O)O)C[C@H](c2cccc(Cl)c2)[C@H]1c1ccc(Cl)cc1. The van der Waals surface area contributed by atoms with Crippen molar-refractivity contribution in [2.75, 3.05) is 13.2 Å². The summed E-state index contributed by atoms with van der Waals surface area (Å²) >= 11 is 12.6. The summed E-state index contributed by atoms with van der Waals surface area (Å²) in [6.07, 6.45) is 3.32. The van der Waals surface area contributed by atoms with Gasteiger partial charge in [-0.05, 0) is 73.9 Å². The molecule has 188 valence electrons. The number of carboxylic acids is 1. The van der Waals surface area contributed by atoms with Crippen molar-refractivity contribution in [3.8, 4) is 0 Å². The van der Waals surface area contributed by atoms with Crippen LogP contribution in [0.15, 0.2) is 48.5 Å². The average Bonchev–Trinajstić information content (AvgIpc) is 3.63. The number of benzene rings is 2. The number of nitrogens with zero attached hydrogens (tertiary/aromatic N) is 1. The van der Waals surface area contributed by atoms with Gasteiger partial charge in [0.25, 0.3) is 0 Å². The Morgan fingerprint density at radius 1 is 1.14 bits per heavy atom. The largest absolute Gasteiger partial charge is 0.481 e. The topological polar surface area (TPSA) is 66.8 Å². The number of hydrogen-bond acceptors (Lipinski definition) is 3. The van der Waals surface area contributed by atoms with E-state index in [1.54, 1.807) is 6.92 Å². The Morgan fingerprint density at radius 3 is 2.49 bits per heavy atom. The number of halogens is 2. The van der Waals surface area contributed by atoms with Gasteiger partial charge >= 0.3 is 5.97 Å². The van der Waals surface area contributed by atoms with E-state index in [9.17, 15) is 14.7 Å². The quantitative estimate of drug-likeness (QED) is 0.354. The van der Waals surface area contributed by atoms with E-state index in [1.807, 2.05) is 60.4 Å². The Hall–Kier alpha value is -2.08. The molecular formula is C28H33Cl2NO4. The second kappa shape index (κ2) is 10.9. The van der Waals surface area contributed by atoms with E-state index in [-0.39, 0.29) is 30.3 Å².